The van der Waals surface area contributed by atoms with E-state index in [4.69, 9.17) is 16.6 Å². The van der Waals surface area contributed by atoms with E-state index in [1.54, 1.807) is 18.2 Å². The summed E-state index contributed by atoms with van der Waals surface area (Å²) in [5.41, 5.74) is 3.44. The summed E-state index contributed by atoms with van der Waals surface area (Å²) in [5.74, 6) is 0.517. The molecule has 1 amide bonds. The number of para-hydroxylation sites is 3. The van der Waals surface area contributed by atoms with Crippen LogP contribution in [0.5, 0.6) is 0 Å². The first kappa shape index (κ1) is 21.5. The van der Waals surface area contributed by atoms with Gasteiger partial charge in [-0.3, -0.25) is 4.79 Å². The van der Waals surface area contributed by atoms with Crippen LogP contribution in [0.15, 0.2) is 72.8 Å². The highest BCUT2D eigenvalue weighted by molar-refractivity contribution is 6.33. The van der Waals surface area contributed by atoms with Crippen molar-refractivity contribution < 1.29 is 9.18 Å². The van der Waals surface area contributed by atoms with Gasteiger partial charge in [0.05, 0.1) is 28.3 Å². The molecule has 0 radical (unpaired) electrons. The number of halogens is 2. The van der Waals surface area contributed by atoms with Crippen molar-refractivity contribution in [3.05, 3.63) is 89.2 Å². The van der Waals surface area contributed by atoms with E-state index in [2.05, 4.69) is 14.8 Å². The molecule has 168 valence electrons. The standard InChI is InChI=1S/C26H24ClFN4O/c27-21-8-1-2-9-22(21)29-25(33)19-12-14-31(15-13-19)26-30-23-10-3-4-11-24(23)32(26)17-18-6-5-7-20(28)16-18/h1-11,16,19H,12-15,17H2,(H,29,33). The van der Waals surface area contributed by atoms with Crippen LogP contribution in [0.3, 0.4) is 0 Å². The van der Waals surface area contributed by atoms with Crippen LogP contribution >= 0.6 is 11.6 Å². The van der Waals surface area contributed by atoms with E-state index in [1.165, 1.54) is 6.07 Å². The number of carbonyl (C=O) groups is 1. The summed E-state index contributed by atoms with van der Waals surface area (Å²) in [6.45, 7) is 1.96. The van der Waals surface area contributed by atoms with E-state index in [1.807, 2.05) is 48.5 Å². The number of piperidine rings is 1. The van der Waals surface area contributed by atoms with Gasteiger partial charge in [0, 0.05) is 19.0 Å². The van der Waals surface area contributed by atoms with Gasteiger partial charge in [0.15, 0.2) is 0 Å². The average Bonchev–Trinajstić information content (AvgIpc) is 3.19. The molecule has 0 spiro atoms. The van der Waals surface area contributed by atoms with Crippen LogP contribution in [-0.2, 0) is 11.3 Å². The van der Waals surface area contributed by atoms with Crippen molar-refractivity contribution in [3.63, 3.8) is 0 Å². The number of nitrogens with zero attached hydrogens (tertiary/aromatic N) is 3. The molecule has 0 bridgehead atoms. The molecule has 1 aliphatic heterocycles. The van der Waals surface area contributed by atoms with Gasteiger partial charge < -0.3 is 14.8 Å². The predicted octanol–water partition coefficient (Wildman–Crippen LogP) is 5.73. The zero-order valence-electron chi connectivity index (χ0n) is 18.0. The molecule has 2 heterocycles. The lowest BCUT2D eigenvalue weighted by molar-refractivity contribution is -0.120. The average molecular weight is 463 g/mol. The zero-order valence-corrected chi connectivity index (χ0v) is 18.8. The smallest absolute Gasteiger partial charge is 0.227 e. The fourth-order valence-electron chi connectivity index (χ4n) is 4.42. The second kappa shape index (κ2) is 9.24. The molecule has 1 fully saturated rings. The second-order valence-corrected chi connectivity index (χ2v) is 8.75. The molecule has 7 heteroatoms. The second-order valence-electron chi connectivity index (χ2n) is 8.35. The molecule has 4 aromatic rings. The van der Waals surface area contributed by atoms with Crippen molar-refractivity contribution in [3.8, 4) is 0 Å². The van der Waals surface area contributed by atoms with Gasteiger partial charge in [0.25, 0.3) is 0 Å². The number of amides is 1. The molecule has 0 unspecified atom stereocenters. The highest BCUT2D eigenvalue weighted by Gasteiger charge is 2.28. The first-order valence-electron chi connectivity index (χ1n) is 11.1. The third-order valence-electron chi connectivity index (χ3n) is 6.14. The van der Waals surface area contributed by atoms with Gasteiger partial charge >= 0.3 is 0 Å². The van der Waals surface area contributed by atoms with Gasteiger partial charge in [-0.25, -0.2) is 9.37 Å². The molecule has 1 aliphatic rings. The van der Waals surface area contributed by atoms with Gasteiger partial charge in [-0.1, -0.05) is 48.0 Å². The van der Waals surface area contributed by atoms with Crippen LogP contribution < -0.4 is 10.2 Å². The molecule has 5 rings (SSSR count). The monoisotopic (exact) mass is 462 g/mol. The maximum Gasteiger partial charge on any atom is 0.227 e. The Bertz CT molecular complexity index is 1300. The van der Waals surface area contributed by atoms with E-state index in [0.717, 1.165) is 35.4 Å². The summed E-state index contributed by atoms with van der Waals surface area (Å²) in [4.78, 5) is 19.9. The Morgan fingerprint density at radius 1 is 1.03 bits per heavy atom. The molecule has 0 atom stereocenters. The van der Waals surface area contributed by atoms with E-state index in [-0.39, 0.29) is 17.6 Å². The summed E-state index contributed by atoms with van der Waals surface area (Å²) >= 11 is 6.19. The Morgan fingerprint density at radius 3 is 2.58 bits per heavy atom. The number of nitrogens with one attached hydrogen (secondary N) is 1. The topological polar surface area (TPSA) is 50.2 Å². The van der Waals surface area contributed by atoms with Gasteiger partial charge in [-0.2, -0.15) is 0 Å². The Balaban J connectivity index is 1.34. The summed E-state index contributed by atoms with van der Waals surface area (Å²) in [7, 11) is 0. The van der Waals surface area contributed by atoms with Crippen LogP contribution in [-0.4, -0.2) is 28.5 Å². The quantitative estimate of drug-likeness (QED) is 0.412. The number of rotatable bonds is 5. The SMILES string of the molecule is O=C(Nc1ccccc1Cl)C1CCN(c2nc3ccccc3n2Cc2cccc(F)c2)CC1. The molecule has 5 nitrogen and oxygen atoms in total. The lowest BCUT2D eigenvalue weighted by Gasteiger charge is -2.32. The zero-order chi connectivity index (χ0) is 22.8. The minimum Gasteiger partial charge on any atom is -0.342 e. The van der Waals surface area contributed by atoms with E-state index < -0.39 is 0 Å². The van der Waals surface area contributed by atoms with Crippen LogP contribution in [0.4, 0.5) is 16.0 Å². The van der Waals surface area contributed by atoms with Crippen molar-refractivity contribution in [2.24, 2.45) is 5.92 Å². The number of hydrogen-bond donors (Lipinski definition) is 1. The van der Waals surface area contributed by atoms with Gasteiger partial charge in [0.2, 0.25) is 11.9 Å². The Hall–Kier alpha value is -3.38. The number of benzene rings is 3. The number of fused-ring (bicyclic) bond motifs is 1. The summed E-state index contributed by atoms with van der Waals surface area (Å²) < 4.78 is 15.9. The third kappa shape index (κ3) is 4.57. The first-order chi connectivity index (χ1) is 16.1. The number of carbonyl (C=O) groups excluding carboxylic acids is 1. The van der Waals surface area contributed by atoms with Crippen molar-refractivity contribution in [1.82, 2.24) is 9.55 Å². The molecule has 33 heavy (non-hydrogen) atoms. The minimum atomic E-state index is -0.246. The molecule has 0 saturated carbocycles. The van der Waals surface area contributed by atoms with Crippen molar-refractivity contribution in [2.75, 3.05) is 23.3 Å². The third-order valence-corrected chi connectivity index (χ3v) is 6.47. The molecular weight excluding hydrogens is 439 g/mol. The Morgan fingerprint density at radius 2 is 1.79 bits per heavy atom. The molecular formula is C26H24ClFN4O. The fraction of sp³-hybridized carbons (Fsp3) is 0.231. The summed E-state index contributed by atoms with van der Waals surface area (Å²) in [5, 5.41) is 3.50. The summed E-state index contributed by atoms with van der Waals surface area (Å²) in [6, 6.07) is 21.9. The fourth-order valence-corrected chi connectivity index (χ4v) is 4.60. The van der Waals surface area contributed by atoms with Crippen molar-refractivity contribution in [2.45, 2.75) is 19.4 Å². The number of imidazole rings is 1. The summed E-state index contributed by atoms with van der Waals surface area (Å²) in [6.07, 6.45) is 1.44. The number of anilines is 2. The van der Waals surface area contributed by atoms with Crippen molar-refractivity contribution >= 4 is 40.2 Å². The van der Waals surface area contributed by atoms with E-state index in [0.29, 0.717) is 30.3 Å². The van der Waals surface area contributed by atoms with E-state index in [9.17, 15) is 9.18 Å². The molecule has 1 N–H and O–H groups in total. The highest BCUT2D eigenvalue weighted by Crippen LogP contribution is 2.29. The predicted molar refractivity (Wildman–Crippen MR) is 130 cm³/mol. The maximum atomic E-state index is 13.8. The number of hydrogen-bond acceptors (Lipinski definition) is 3. The van der Waals surface area contributed by atoms with Crippen LogP contribution in [0, 0.1) is 11.7 Å². The highest BCUT2D eigenvalue weighted by atomic mass is 35.5. The number of aromatic nitrogens is 2. The van der Waals surface area contributed by atoms with Crippen LogP contribution in [0.1, 0.15) is 18.4 Å². The normalized spacial score (nSPS) is 14.5. The van der Waals surface area contributed by atoms with Gasteiger partial charge in [-0.15, -0.1) is 0 Å². The lowest BCUT2D eigenvalue weighted by atomic mass is 9.96. The van der Waals surface area contributed by atoms with Gasteiger partial charge in [-0.05, 0) is 54.8 Å². The van der Waals surface area contributed by atoms with E-state index >= 15 is 0 Å². The largest absolute Gasteiger partial charge is 0.342 e. The van der Waals surface area contributed by atoms with Crippen LogP contribution in [0.2, 0.25) is 5.02 Å². The molecule has 0 aliphatic carbocycles. The van der Waals surface area contributed by atoms with Crippen LogP contribution in [0.25, 0.3) is 11.0 Å². The molecule has 1 saturated heterocycles. The molecule has 1 aromatic heterocycles. The molecule has 3 aromatic carbocycles. The Labute approximate surface area is 196 Å². The Kier molecular flexibility index (Phi) is 6.01. The van der Waals surface area contributed by atoms with Gasteiger partial charge in [0.1, 0.15) is 5.82 Å². The maximum absolute atomic E-state index is 13.8. The minimum absolute atomic E-state index is 0.00369. The lowest BCUT2D eigenvalue weighted by Crippen LogP contribution is -2.39. The first-order valence-corrected chi connectivity index (χ1v) is 11.5. The van der Waals surface area contributed by atoms with Crippen molar-refractivity contribution in [1.29, 1.82) is 0 Å².